The van der Waals surface area contributed by atoms with Gasteiger partial charge in [0.2, 0.25) is 0 Å². The molecule has 1 aliphatic carbocycles. The van der Waals surface area contributed by atoms with E-state index < -0.39 is 0 Å². The van der Waals surface area contributed by atoms with Gasteiger partial charge >= 0.3 is 0 Å². The molecule has 2 nitrogen and oxygen atoms in total. The highest BCUT2D eigenvalue weighted by molar-refractivity contribution is 5.86. The first kappa shape index (κ1) is 10.5. The molecule has 1 rings (SSSR count). The smallest absolute Gasteiger partial charge is 0.150 e. The van der Waals surface area contributed by atoms with Gasteiger partial charge in [0.05, 0.1) is 5.54 Å². The van der Waals surface area contributed by atoms with E-state index in [9.17, 15) is 4.79 Å². The molecule has 0 aromatic heterocycles. The second-order valence-corrected chi connectivity index (χ2v) is 3.89. The quantitative estimate of drug-likeness (QED) is 0.671. The number of hydrogen-bond donors (Lipinski definition) is 1. The molecule has 2 heteroatoms. The fourth-order valence-corrected chi connectivity index (χ4v) is 2.57. The van der Waals surface area contributed by atoms with E-state index in [-0.39, 0.29) is 11.3 Å². The molecule has 1 saturated carbocycles. The normalized spacial score (nSPS) is 33.2. The van der Waals surface area contributed by atoms with Gasteiger partial charge in [-0.2, -0.15) is 0 Å². The minimum Gasteiger partial charge on any atom is -0.308 e. The van der Waals surface area contributed by atoms with Crippen molar-refractivity contribution < 1.29 is 4.79 Å². The molecule has 2 unspecified atom stereocenters. The zero-order valence-corrected chi connectivity index (χ0v) is 8.60. The van der Waals surface area contributed by atoms with Crippen LogP contribution in [0.25, 0.3) is 0 Å². The van der Waals surface area contributed by atoms with Gasteiger partial charge in [0.25, 0.3) is 0 Å². The number of ketones is 1. The summed E-state index contributed by atoms with van der Waals surface area (Å²) >= 11 is 0. The lowest BCUT2D eigenvalue weighted by molar-refractivity contribution is -0.124. The molecule has 0 aliphatic heterocycles. The molecule has 0 amide bonds. The first-order chi connectivity index (χ1) is 6.17. The van der Waals surface area contributed by atoms with Gasteiger partial charge in [-0.3, -0.25) is 4.79 Å². The Morgan fingerprint density at radius 1 is 1.77 bits per heavy atom. The number of likely N-dealkylation sites (N-methyl/N-ethyl adjacent to an activating group) is 1. The Morgan fingerprint density at radius 3 is 2.92 bits per heavy atom. The number of hydrogen-bond acceptors (Lipinski definition) is 2. The maximum absolute atomic E-state index is 11.6. The molecule has 0 aromatic carbocycles. The van der Waals surface area contributed by atoms with Crippen LogP contribution in [0.2, 0.25) is 0 Å². The van der Waals surface area contributed by atoms with Crippen molar-refractivity contribution in [3.63, 3.8) is 0 Å². The maximum atomic E-state index is 11.6. The standard InChI is InChI=1S/C11H19NO/c1-4-6-10-7-5-8-11(10,12-3)9(2)13/h4,10,12H,1,5-8H2,2-3H3. The molecule has 1 fully saturated rings. The summed E-state index contributed by atoms with van der Waals surface area (Å²) in [5.41, 5.74) is -0.256. The molecule has 0 spiro atoms. The van der Waals surface area contributed by atoms with Crippen LogP contribution in [-0.2, 0) is 4.79 Å². The monoisotopic (exact) mass is 181 g/mol. The first-order valence-corrected chi connectivity index (χ1v) is 4.98. The van der Waals surface area contributed by atoms with Crippen LogP contribution in [0.4, 0.5) is 0 Å². The van der Waals surface area contributed by atoms with Crippen LogP contribution in [0.15, 0.2) is 12.7 Å². The van der Waals surface area contributed by atoms with Crippen molar-refractivity contribution in [2.24, 2.45) is 5.92 Å². The minimum atomic E-state index is -0.256. The molecule has 0 aromatic rings. The second-order valence-electron chi connectivity index (χ2n) is 3.89. The van der Waals surface area contributed by atoms with Crippen LogP contribution in [0.5, 0.6) is 0 Å². The van der Waals surface area contributed by atoms with E-state index in [2.05, 4.69) is 11.9 Å². The van der Waals surface area contributed by atoms with Crippen molar-refractivity contribution in [3.05, 3.63) is 12.7 Å². The van der Waals surface area contributed by atoms with Crippen LogP contribution in [0.3, 0.4) is 0 Å². The third-order valence-electron chi connectivity index (χ3n) is 3.35. The number of nitrogens with one attached hydrogen (secondary N) is 1. The average molecular weight is 181 g/mol. The number of allylic oxidation sites excluding steroid dienone is 1. The van der Waals surface area contributed by atoms with Crippen molar-refractivity contribution in [1.29, 1.82) is 0 Å². The minimum absolute atomic E-state index is 0.256. The van der Waals surface area contributed by atoms with E-state index in [1.54, 1.807) is 6.92 Å². The van der Waals surface area contributed by atoms with Gasteiger partial charge in [-0.15, -0.1) is 6.58 Å². The van der Waals surface area contributed by atoms with Gasteiger partial charge in [0.15, 0.2) is 0 Å². The Hall–Kier alpha value is -0.630. The van der Waals surface area contributed by atoms with Gasteiger partial charge < -0.3 is 5.32 Å². The third-order valence-corrected chi connectivity index (χ3v) is 3.35. The van der Waals surface area contributed by atoms with Crippen LogP contribution < -0.4 is 5.32 Å². The van der Waals surface area contributed by atoms with Crippen molar-refractivity contribution in [2.45, 2.75) is 38.1 Å². The summed E-state index contributed by atoms with van der Waals surface area (Å²) in [6.45, 7) is 5.44. The Kier molecular flexibility index (Phi) is 3.26. The molecule has 1 aliphatic rings. The maximum Gasteiger partial charge on any atom is 0.150 e. The summed E-state index contributed by atoms with van der Waals surface area (Å²) in [4.78, 5) is 11.6. The van der Waals surface area contributed by atoms with Crippen LogP contribution >= 0.6 is 0 Å². The molecule has 0 heterocycles. The van der Waals surface area contributed by atoms with Gasteiger partial charge in [-0.05, 0) is 39.2 Å². The van der Waals surface area contributed by atoms with Crippen molar-refractivity contribution >= 4 is 5.78 Å². The van der Waals surface area contributed by atoms with E-state index >= 15 is 0 Å². The lowest BCUT2D eigenvalue weighted by Crippen LogP contribution is -2.52. The van der Waals surface area contributed by atoms with Crippen molar-refractivity contribution in [3.8, 4) is 0 Å². The SMILES string of the molecule is C=CCC1CCCC1(NC)C(C)=O. The molecule has 2 atom stereocenters. The largest absolute Gasteiger partial charge is 0.308 e. The van der Waals surface area contributed by atoms with E-state index in [1.165, 1.54) is 0 Å². The Balaban J connectivity index is 2.82. The van der Waals surface area contributed by atoms with E-state index in [4.69, 9.17) is 0 Å². The topological polar surface area (TPSA) is 29.1 Å². The first-order valence-electron chi connectivity index (χ1n) is 4.98. The Bertz CT molecular complexity index is 212. The molecule has 0 saturated heterocycles. The Morgan fingerprint density at radius 2 is 2.46 bits per heavy atom. The molecule has 0 bridgehead atoms. The van der Waals surface area contributed by atoms with E-state index in [0.717, 1.165) is 25.7 Å². The van der Waals surface area contributed by atoms with Gasteiger partial charge in [0, 0.05) is 0 Å². The highest BCUT2D eigenvalue weighted by Gasteiger charge is 2.44. The van der Waals surface area contributed by atoms with Gasteiger partial charge in [0.1, 0.15) is 5.78 Å². The summed E-state index contributed by atoms with van der Waals surface area (Å²) in [6, 6.07) is 0. The Labute approximate surface area is 80.4 Å². The fraction of sp³-hybridized carbons (Fsp3) is 0.727. The van der Waals surface area contributed by atoms with Crippen molar-refractivity contribution in [2.75, 3.05) is 7.05 Å². The predicted octanol–water partition coefficient (Wildman–Crippen LogP) is 1.91. The van der Waals surface area contributed by atoms with E-state index in [1.807, 2.05) is 13.1 Å². The highest BCUT2D eigenvalue weighted by Crippen LogP contribution is 2.38. The number of carbonyl (C=O) groups is 1. The van der Waals surface area contributed by atoms with Crippen LogP contribution in [-0.4, -0.2) is 18.4 Å². The van der Waals surface area contributed by atoms with Crippen LogP contribution in [0, 0.1) is 5.92 Å². The van der Waals surface area contributed by atoms with Gasteiger partial charge in [-0.25, -0.2) is 0 Å². The highest BCUT2D eigenvalue weighted by atomic mass is 16.1. The number of rotatable bonds is 4. The third kappa shape index (κ3) is 1.68. The zero-order chi connectivity index (χ0) is 9.90. The fourth-order valence-electron chi connectivity index (χ4n) is 2.57. The zero-order valence-electron chi connectivity index (χ0n) is 8.60. The summed E-state index contributed by atoms with van der Waals surface area (Å²) in [5.74, 6) is 0.729. The lowest BCUT2D eigenvalue weighted by atomic mass is 9.82. The van der Waals surface area contributed by atoms with Crippen LogP contribution in [0.1, 0.15) is 32.6 Å². The number of Topliss-reactive ketones (excluding diaryl/α,β-unsaturated/α-hetero) is 1. The van der Waals surface area contributed by atoms with Crippen molar-refractivity contribution in [1.82, 2.24) is 5.32 Å². The summed E-state index contributed by atoms with van der Waals surface area (Å²) < 4.78 is 0. The molecule has 1 N–H and O–H groups in total. The van der Waals surface area contributed by atoms with E-state index in [0.29, 0.717) is 5.92 Å². The number of carbonyl (C=O) groups excluding carboxylic acids is 1. The molecule has 13 heavy (non-hydrogen) atoms. The molecular weight excluding hydrogens is 162 g/mol. The summed E-state index contributed by atoms with van der Waals surface area (Å²) in [5, 5.41) is 3.21. The average Bonchev–Trinajstić information content (AvgIpc) is 2.49. The lowest BCUT2D eigenvalue weighted by Gasteiger charge is -2.32. The molecule has 0 radical (unpaired) electrons. The van der Waals surface area contributed by atoms with Gasteiger partial charge in [-0.1, -0.05) is 12.5 Å². The summed E-state index contributed by atoms with van der Waals surface area (Å²) in [6.07, 6.45) is 6.15. The predicted molar refractivity (Wildman–Crippen MR) is 54.6 cm³/mol. The summed E-state index contributed by atoms with van der Waals surface area (Å²) in [7, 11) is 1.89. The molecule has 74 valence electrons. The molecular formula is C11H19NO. The second kappa shape index (κ2) is 4.05.